The minimum absolute atomic E-state index is 0.142. The Morgan fingerprint density at radius 3 is 2.47 bits per heavy atom. The van der Waals surface area contributed by atoms with E-state index in [-0.39, 0.29) is 17.6 Å². The van der Waals surface area contributed by atoms with Crippen LogP contribution in [0.1, 0.15) is 11.3 Å². The molecule has 12 heteroatoms. The third-order valence-corrected chi connectivity index (χ3v) is 9.99. The number of hydrogen-bond acceptors (Lipinski definition) is 5. The molecule has 0 aliphatic carbocycles. The molecule has 0 spiro atoms. The molecule has 0 saturated carbocycles. The van der Waals surface area contributed by atoms with Crippen molar-refractivity contribution in [1.82, 2.24) is 9.29 Å². The van der Waals surface area contributed by atoms with Crippen LogP contribution < -0.4 is 4.90 Å². The molecule has 1 aliphatic heterocycles. The molecule has 2 aromatic carbocycles. The van der Waals surface area contributed by atoms with Crippen molar-refractivity contribution in [2.24, 2.45) is 0 Å². The molecule has 2 heterocycles. The van der Waals surface area contributed by atoms with Gasteiger partial charge in [-0.3, -0.25) is 0 Å². The van der Waals surface area contributed by atoms with Gasteiger partial charge in [0.15, 0.2) is 10.9 Å². The van der Waals surface area contributed by atoms with E-state index in [0.717, 1.165) is 26.9 Å². The number of rotatable bonds is 5. The monoisotopic (exact) mass is 669 g/mol. The number of aromatic nitrogens is 1. The fourth-order valence-electron chi connectivity index (χ4n) is 3.41. The summed E-state index contributed by atoms with van der Waals surface area (Å²) in [6.45, 7) is 1.09. The molecule has 0 amide bonds. The normalized spacial score (nSPS) is 15.3. The molecule has 1 aliphatic rings. The van der Waals surface area contributed by atoms with Gasteiger partial charge in [0.25, 0.3) is 0 Å². The summed E-state index contributed by atoms with van der Waals surface area (Å²) >= 11 is 10.7. The third kappa shape index (κ3) is 4.95. The van der Waals surface area contributed by atoms with E-state index in [1.54, 1.807) is 0 Å². The highest BCUT2D eigenvalue weighted by Gasteiger charge is 2.35. The molecule has 3 aromatic rings. The van der Waals surface area contributed by atoms with E-state index < -0.39 is 31.0 Å². The summed E-state index contributed by atoms with van der Waals surface area (Å²) in [7, 11) is -4.22. The lowest BCUT2D eigenvalue weighted by atomic mass is 10.1. The Balaban J connectivity index is 1.46. The minimum atomic E-state index is -4.22. The van der Waals surface area contributed by atoms with E-state index in [4.69, 9.17) is 4.98 Å². The summed E-state index contributed by atoms with van der Waals surface area (Å²) in [4.78, 5) is 6.01. The highest BCUT2D eigenvalue weighted by atomic mass is 79.9. The van der Waals surface area contributed by atoms with E-state index in [1.807, 2.05) is 34.5 Å². The Labute approximate surface area is 213 Å². The van der Waals surface area contributed by atoms with Crippen LogP contribution in [0, 0.1) is 11.6 Å². The second kappa shape index (κ2) is 9.75. The van der Waals surface area contributed by atoms with Crippen molar-refractivity contribution in [3.05, 3.63) is 72.0 Å². The van der Waals surface area contributed by atoms with E-state index >= 15 is 0 Å². The van der Waals surface area contributed by atoms with Crippen molar-refractivity contribution in [1.29, 1.82) is 0 Å². The lowest BCUT2D eigenvalue weighted by molar-refractivity contribution is 0.381. The van der Waals surface area contributed by atoms with Crippen LogP contribution in [0.5, 0.6) is 0 Å². The van der Waals surface area contributed by atoms with Gasteiger partial charge in [-0.1, -0.05) is 28.1 Å². The van der Waals surface area contributed by atoms with Crippen LogP contribution in [0.3, 0.4) is 0 Å². The molecule has 0 N–H and O–H groups in total. The van der Waals surface area contributed by atoms with Gasteiger partial charge in [0.05, 0.1) is 14.6 Å². The summed E-state index contributed by atoms with van der Waals surface area (Å²) < 4.78 is 56.2. The average Bonchev–Trinajstić information content (AvgIpc) is 3.21. The number of piperazine rings is 1. The number of nitrogens with zero attached hydrogens (tertiary/aromatic N) is 3. The topological polar surface area (TPSA) is 53.5 Å². The Bertz CT molecular complexity index is 1240. The van der Waals surface area contributed by atoms with Gasteiger partial charge in [-0.15, -0.1) is 11.3 Å². The molecule has 0 bridgehead atoms. The highest BCUT2D eigenvalue weighted by Crippen LogP contribution is 2.35. The van der Waals surface area contributed by atoms with Gasteiger partial charge in [0.1, 0.15) is 10.7 Å². The predicted octanol–water partition coefficient (Wildman–Crippen LogP) is 5.81. The van der Waals surface area contributed by atoms with Crippen LogP contribution >= 0.6 is 59.1 Å². The van der Waals surface area contributed by atoms with Crippen molar-refractivity contribution in [3.63, 3.8) is 0 Å². The second-order valence-electron chi connectivity index (χ2n) is 7.12. The molecule has 1 aromatic heterocycles. The van der Waals surface area contributed by atoms with Gasteiger partial charge in [-0.25, -0.2) is 22.2 Å². The number of anilines is 1. The van der Waals surface area contributed by atoms with Crippen LogP contribution in [0.4, 0.5) is 13.9 Å². The van der Waals surface area contributed by atoms with Gasteiger partial charge < -0.3 is 4.90 Å². The Morgan fingerprint density at radius 2 is 1.78 bits per heavy atom. The van der Waals surface area contributed by atoms with Crippen molar-refractivity contribution in [2.45, 2.75) is 11.3 Å². The first kappa shape index (κ1) is 24.2. The predicted molar refractivity (Wildman–Crippen MR) is 132 cm³/mol. The maximum atomic E-state index is 14.6. The Kier molecular flexibility index (Phi) is 7.38. The van der Waals surface area contributed by atoms with Crippen molar-refractivity contribution < 1.29 is 17.2 Å². The molecule has 0 radical (unpaired) electrons. The standard InChI is InChI=1S/C20H16Br3F2N3O2S2/c21-13-3-1-2-12(8-13)9-14-11-31-20(26-14)27-4-6-28(7-5-27)32(29,30)19-17(23)16(24)10-15(22)18(19)25/h1-3,8,10-11H,4-7,9H2. The zero-order valence-electron chi connectivity index (χ0n) is 16.4. The average molecular weight is 672 g/mol. The van der Waals surface area contributed by atoms with Crippen LogP contribution in [0.25, 0.3) is 0 Å². The van der Waals surface area contributed by atoms with Crippen LogP contribution in [0.15, 0.2) is 54.0 Å². The van der Waals surface area contributed by atoms with E-state index in [1.165, 1.54) is 15.6 Å². The molecule has 4 rings (SSSR count). The highest BCUT2D eigenvalue weighted by molar-refractivity contribution is 9.11. The largest absolute Gasteiger partial charge is 0.345 e. The Hall–Kier alpha value is -0.920. The maximum Gasteiger partial charge on any atom is 0.247 e. The smallest absolute Gasteiger partial charge is 0.247 e. The molecule has 170 valence electrons. The molecule has 1 fully saturated rings. The van der Waals surface area contributed by atoms with Crippen LogP contribution in [-0.4, -0.2) is 43.9 Å². The van der Waals surface area contributed by atoms with E-state index in [2.05, 4.69) is 47.8 Å². The Morgan fingerprint density at radius 1 is 1.06 bits per heavy atom. The quantitative estimate of drug-likeness (QED) is 0.322. The fraction of sp³-hybridized carbons (Fsp3) is 0.250. The number of hydrogen-bond donors (Lipinski definition) is 0. The summed E-state index contributed by atoms with van der Waals surface area (Å²) in [5, 5.41) is 2.81. The first-order valence-corrected chi connectivity index (χ1v) is 14.1. The van der Waals surface area contributed by atoms with E-state index in [9.17, 15) is 17.2 Å². The van der Waals surface area contributed by atoms with Crippen molar-refractivity contribution >= 4 is 74.3 Å². The van der Waals surface area contributed by atoms with Gasteiger partial charge in [0.2, 0.25) is 10.0 Å². The number of thiazole rings is 1. The van der Waals surface area contributed by atoms with Gasteiger partial charge in [-0.05, 0) is 55.6 Å². The summed E-state index contributed by atoms with van der Waals surface area (Å²) in [5.41, 5.74) is 2.08. The van der Waals surface area contributed by atoms with Crippen molar-refractivity contribution in [3.8, 4) is 0 Å². The van der Waals surface area contributed by atoms with Crippen LogP contribution in [0.2, 0.25) is 0 Å². The summed E-state index contributed by atoms with van der Waals surface area (Å²) in [5.74, 6) is -1.87. The van der Waals surface area contributed by atoms with Crippen molar-refractivity contribution in [2.75, 3.05) is 31.1 Å². The number of sulfonamides is 1. The van der Waals surface area contributed by atoms with Gasteiger partial charge in [0, 0.05) is 42.5 Å². The molecule has 32 heavy (non-hydrogen) atoms. The second-order valence-corrected chi connectivity index (χ2v) is 12.4. The summed E-state index contributed by atoms with van der Waals surface area (Å²) in [6.07, 6.45) is 0.700. The lowest BCUT2D eigenvalue weighted by Gasteiger charge is -2.34. The number of benzene rings is 2. The van der Waals surface area contributed by atoms with E-state index in [0.29, 0.717) is 19.5 Å². The van der Waals surface area contributed by atoms with Crippen LogP contribution in [-0.2, 0) is 16.4 Å². The zero-order valence-corrected chi connectivity index (χ0v) is 22.8. The number of halogens is 5. The molecule has 1 saturated heterocycles. The molecule has 5 nitrogen and oxygen atoms in total. The minimum Gasteiger partial charge on any atom is -0.345 e. The maximum absolute atomic E-state index is 14.6. The first-order valence-electron chi connectivity index (χ1n) is 9.44. The third-order valence-electron chi connectivity index (χ3n) is 4.99. The SMILES string of the molecule is O=S(=O)(c1c(F)c(Br)cc(F)c1Br)N1CCN(c2nc(Cc3cccc(Br)c3)cs2)CC1. The van der Waals surface area contributed by atoms with Gasteiger partial charge >= 0.3 is 0 Å². The lowest BCUT2D eigenvalue weighted by Crippen LogP contribution is -2.49. The molecular formula is C20H16Br3F2N3O2S2. The molecular weight excluding hydrogens is 656 g/mol. The summed E-state index contributed by atoms with van der Waals surface area (Å²) in [6, 6.07) is 8.92. The molecule has 0 atom stereocenters. The fourth-order valence-corrected chi connectivity index (χ4v) is 7.73. The first-order chi connectivity index (χ1) is 15.2. The zero-order chi connectivity index (χ0) is 23.0. The van der Waals surface area contributed by atoms with Gasteiger partial charge in [-0.2, -0.15) is 4.31 Å². The molecule has 0 unspecified atom stereocenters.